The Bertz CT molecular complexity index is 1120. The lowest BCUT2D eigenvalue weighted by Gasteiger charge is -2.09. The Labute approximate surface area is 160 Å². The van der Waals surface area contributed by atoms with Crippen LogP contribution < -0.4 is 21.5 Å². The first-order valence-electron chi connectivity index (χ1n) is 7.66. The first-order chi connectivity index (χ1) is 13.1. The van der Waals surface area contributed by atoms with Crippen LogP contribution in [0.3, 0.4) is 0 Å². The third-order valence-corrected chi connectivity index (χ3v) is 4.92. The first-order valence-corrected chi connectivity index (χ1v) is 8.47. The summed E-state index contributed by atoms with van der Waals surface area (Å²) in [6.07, 6.45) is -4.80. The van der Waals surface area contributed by atoms with E-state index in [1.807, 2.05) is 6.07 Å². The number of nitrogens with zero attached hydrogens (tertiary/aromatic N) is 2. The van der Waals surface area contributed by atoms with Gasteiger partial charge in [0, 0.05) is 11.1 Å². The van der Waals surface area contributed by atoms with E-state index in [-0.39, 0.29) is 27.6 Å². The third kappa shape index (κ3) is 3.63. The Morgan fingerprint density at radius 3 is 2.50 bits per heavy atom. The molecule has 144 valence electrons. The summed E-state index contributed by atoms with van der Waals surface area (Å²) in [5, 5.41) is 12.2. The maximum Gasteiger partial charge on any atom is 0.573 e. The number of pyridine rings is 1. The van der Waals surface area contributed by atoms with Gasteiger partial charge >= 0.3 is 6.36 Å². The molecule has 2 aromatic heterocycles. The number of anilines is 3. The monoisotopic (exact) mass is 407 g/mol. The van der Waals surface area contributed by atoms with Gasteiger partial charge in [0.15, 0.2) is 0 Å². The second kappa shape index (κ2) is 6.90. The highest BCUT2D eigenvalue weighted by molar-refractivity contribution is 7.21. The van der Waals surface area contributed by atoms with Gasteiger partial charge in [-0.15, -0.1) is 24.5 Å². The van der Waals surface area contributed by atoms with Gasteiger partial charge < -0.3 is 21.5 Å². The number of hydrogen-bond donors (Lipinski definition) is 3. The Kier molecular flexibility index (Phi) is 4.74. The van der Waals surface area contributed by atoms with Crippen molar-refractivity contribution in [2.75, 3.05) is 16.8 Å². The highest BCUT2D eigenvalue weighted by Gasteiger charge is 2.31. The molecule has 0 aliphatic heterocycles. The Balaban J connectivity index is 1.89. The van der Waals surface area contributed by atoms with Crippen LogP contribution in [0.4, 0.5) is 30.4 Å². The van der Waals surface area contributed by atoms with E-state index in [0.29, 0.717) is 15.8 Å². The van der Waals surface area contributed by atoms with E-state index in [4.69, 9.17) is 11.5 Å². The molecule has 11 heteroatoms. The van der Waals surface area contributed by atoms with Crippen molar-refractivity contribution in [2.45, 2.75) is 13.3 Å². The van der Waals surface area contributed by atoms with Gasteiger partial charge in [0.05, 0.1) is 11.3 Å². The van der Waals surface area contributed by atoms with Gasteiger partial charge in [0.2, 0.25) is 0 Å². The van der Waals surface area contributed by atoms with Crippen LogP contribution in [0.15, 0.2) is 24.3 Å². The van der Waals surface area contributed by atoms with E-state index >= 15 is 0 Å². The summed E-state index contributed by atoms with van der Waals surface area (Å²) in [5.74, 6) is -0.936. The Hall–Kier alpha value is -3.52. The number of nitriles is 1. The minimum absolute atomic E-state index is 0.0426. The Morgan fingerprint density at radius 2 is 1.93 bits per heavy atom. The molecule has 5 N–H and O–H groups in total. The van der Waals surface area contributed by atoms with E-state index < -0.39 is 18.0 Å². The fraction of sp³-hybridized carbons (Fsp3) is 0.118. The molecule has 28 heavy (non-hydrogen) atoms. The molecule has 0 aliphatic rings. The number of rotatable bonds is 3. The van der Waals surface area contributed by atoms with Crippen molar-refractivity contribution in [3.63, 3.8) is 0 Å². The molecule has 1 amide bonds. The predicted molar refractivity (Wildman–Crippen MR) is 99.0 cm³/mol. The van der Waals surface area contributed by atoms with Crippen LogP contribution in [0.5, 0.6) is 5.75 Å². The normalized spacial score (nSPS) is 11.2. The van der Waals surface area contributed by atoms with Crippen molar-refractivity contribution in [3.05, 3.63) is 40.3 Å². The zero-order chi connectivity index (χ0) is 20.6. The summed E-state index contributed by atoms with van der Waals surface area (Å²) in [6, 6.07) is 6.62. The number of nitrogen functional groups attached to an aromatic ring is 2. The van der Waals surface area contributed by atoms with Crippen LogP contribution in [-0.2, 0) is 0 Å². The molecule has 0 spiro atoms. The van der Waals surface area contributed by atoms with Crippen molar-refractivity contribution >= 4 is 44.7 Å². The second-order valence-corrected chi connectivity index (χ2v) is 6.66. The van der Waals surface area contributed by atoms with Crippen LogP contribution in [0.25, 0.3) is 10.2 Å². The van der Waals surface area contributed by atoms with Gasteiger partial charge in [0.25, 0.3) is 5.91 Å². The second-order valence-electron chi connectivity index (χ2n) is 5.66. The summed E-state index contributed by atoms with van der Waals surface area (Å²) in [7, 11) is 0. The molecule has 3 aromatic rings. The van der Waals surface area contributed by atoms with E-state index in [1.165, 1.54) is 12.1 Å². The molecule has 0 fully saturated rings. The lowest BCUT2D eigenvalue weighted by Crippen LogP contribution is -2.17. The van der Waals surface area contributed by atoms with Crippen LogP contribution in [0, 0.1) is 18.3 Å². The van der Waals surface area contributed by atoms with Crippen LogP contribution in [0.1, 0.15) is 20.8 Å². The summed E-state index contributed by atoms with van der Waals surface area (Å²) in [5.41, 5.74) is 12.9. The summed E-state index contributed by atoms with van der Waals surface area (Å²) in [4.78, 5) is 17.2. The number of hydrogen-bond acceptors (Lipinski definition) is 7. The zero-order valence-electron chi connectivity index (χ0n) is 14.2. The quantitative estimate of drug-likeness (QED) is 0.606. The topological polar surface area (TPSA) is 127 Å². The molecule has 0 saturated carbocycles. The fourth-order valence-electron chi connectivity index (χ4n) is 2.59. The molecule has 2 heterocycles. The van der Waals surface area contributed by atoms with Gasteiger partial charge in [-0.25, -0.2) is 4.98 Å². The highest BCUT2D eigenvalue weighted by Crippen LogP contribution is 2.37. The van der Waals surface area contributed by atoms with Crippen molar-refractivity contribution in [2.24, 2.45) is 0 Å². The lowest BCUT2D eigenvalue weighted by molar-refractivity contribution is -0.274. The van der Waals surface area contributed by atoms with Crippen molar-refractivity contribution < 1.29 is 22.7 Å². The molecule has 3 rings (SSSR count). The van der Waals surface area contributed by atoms with E-state index in [2.05, 4.69) is 15.0 Å². The summed E-state index contributed by atoms with van der Waals surface area (Å²) < 4.78 is 40.4. The van der Waals surface area contributed by atoms with E-state index in [1.54, 1.807) is 6.92 Å². The number of halogens is 3. The fourth-order valence-corrected chi connectivity index (χ4v) is 3.65. The minimum Gasteiger partial charge on any atom is -0.406 e. The van der Waals surface area contributed by atoms with Gasteiger partial charge in [-0.2, -0.15) is 5.26 Å². The molecule has 0 radical (unpaired) electrons. The number of thiophene rings is 1. The molecule has 7 nitrogen and oxygen atoms in total. The van der Waals surface area contributed by atoms with Crippen molar-refractivity contribution in [1.82, 2.24) is 4.98 Å². The first kappa shape index (κ1) is 19.2. The maximum absolute atomic E-state index is 12.6. The van der Waals surface area contributed by atoms with Crippen molar-refractivity contribution in [3.8, 4) is 11.8 Å². The average molecular weight is 407 g/mol. The molecule has 0 saturated heterocycles. The molecule has 0 aliphatic carbocycles. The summed E-state index contributed by atoms with van der Waals surface area (Å²) >= 11 is 0.999. The van der Waals surface area contributed by atoms with Gasteiger partial charge in [-0.1, -0.05) is 0 Å². The number of ether oxygens (including phenoxy) is 1. The Morgan fingerprint density at radius 1 is 1.29 bits per heavy atom. The number of amides is 1. The number of carbonyl (C=O) groups excluding carboxylic acids is 1. The highest BCUT2D eigenvalue weighted by atomic mass is 32.1. The van der Waals surface area contributed by atoms with E-state index in [9.17, 15) is 23.2 Å². The minimum atomic E-state index is -4.80. The number of nitrogens with two attached hydrogens (primary N) is 2. The number of aryl methyl sites for hydroxylation is 1. The molecular formula is C17H12F3N5O2S. The third-order valence-electron chi connectivity index (χ3n) is 3.82. The van der Waals surface area contributed by atoms with Crippen LogP contribution >= 0.6 is 11.3 Å². The molecule has 1 aromatic carbocycles. The van der Waals surface area contributed by atoms with Gasteiger partial charge in [-0.05, 0) is 36.8 Å². The number of carbonyl (C=O) groups is 1. The average Bonchev–Trinajstić information content (AvgIpc) is 2.92. The van der Waals surface area contributed by atoms with Gasteiger partial charge in [0.1, 0.15) is 27.3 Å². The van der Waals surface area contributed by atoms with Crippen LogP contribution in [0.2, 0.25) is 0 Å². The summed E-state index contributed by atoms with van der Waals surface area (Å²) in [6.45, 7) is 1.66. The van der Waals surface area contributed by atoms with Crippen molar-refractivity contribution in [1.29, 1.82) is 5.26 Å². The number of alkyl halides is 3. The van der Waals surface area contributed by atoms with E-state index in [0.717, 1.165) is 23.5 Å². The SMILES string of the molecule is Cc1c(C#N)c(N)nc2sc(C(=O)Nc3ccc(OC(F)(F)F)cc3)c(N)c12. The number of fused-ring (bicyclic) bond motifs is 1. The predicted octanol–water partition coefficient (Wildman–Crippen LogP) is 3.79. The number of nitrogens with one attached hydrogen (secondary N) is 1. The van der Waals surface area contributed by atoms with Crippen LogP contribution in [-0.4, -0.2) is 17.3 Å². The molecule has 0 unspecified atom stereocenters. The standard InChI is InChI=1S/C17H12F3N5O2S/c1-7-10(6-21)14(23)25-16-11(7)12(22)13(28-16)15(26)24-8-2-4-9(5-3-8)27-17(18,19)20/h2-5H,22H2,1H3,(H2,23,25)(H,24,26). The lowest BCUT2D eigenvalue weighted by atomic mass is 10.1. The molecular weight excluding hydrogens is 395 g/mol. The smallest absolute Gasteiger partial charge is 0.406 e. The van der Waals surface area contributed by atoms with Gasteiger partial charge in [-0.3, -0.25) is 4.79 Å². The number of aromatic nitrogens is 1. The number of benzene rings is 1. The zero-order valence-corrected chi connectivity index (χ0v) is 15.0. The maximum atomic E-state index is 12.6. The largest absolute Gasteiger partial charge is 0.573 e. The molecule has 0 bridgehead atoms. The molecule has 0 atom stereocenters.